The Labute approximate surface area is 171 Å². The van der Waals surface area contributed by atoms with Crippen LogP contribution in [0.1, 0.15) is 5.56 Å². The van der Waals surface area contributed by atoms with Crippen LogP contribution in [0.4, 0.5) is 8.78 Å². The van der Waals surface area contributed by atoms with Crippen molar-refractivity contribution in [2.75, 3.05) is 6.26 Å². The van der Waals surface area contributed by atoms with Crippen LogP contribution in [-0.2, 0) is 0 Å². The topological polar surface area (TPSA) is 39.6 Å². The summed E-state index contributed by atoms with van der Waals surface area (Å²) in [6.07, 6.45) is 3.47. The molecule has 0 aliphatic carbocycles. The minimum Gasteiger partial charge on any atom is -0.361 e. The van der Waals surface area contributed by atoms with Crippen molar-refractivity contribution in [2.45, 2.75) is 9.79 Å². The van der Waals surface area contributed by atoms with Crippen LogP contribution in [0.15, 0.2) is 50.8 Å². The second-order valence-electron chi connectivity index (χ2n) is 4.72. The Kier molecular flexibility index (Phi) is 6.74. The lowest BCUT2D eigenvalue weighted by atomic mass is 10.2. The molecule has 1 aromatic heterocycles. The van der Waals surface area contributed by atoms with Gasteiger partial charge in [-0.1, -0.05) is 11.8 Å². The Morgan fingerprint density at radius 2 is 1.92 bits per heavy atom. The second kappa shape index (κ2) is 8.20. The van der Waals surface area contributed by atoms with Gasteiger partial charge in [-0.15, -0.1) is 35.7 Å². The molecule has 0 aliphatic heterocycles. The minimum atomic E-state index is -0.450. The van der Waals surface area contributed by atoms with Gasteiger partial charge in [-0.05, 0) is 52.5 Å². The van der Waals surface area contributed by atoms with Crippen LogP contribution in [0.25, 0.3) is 10.9 Å². The molecule has 126 valence electrons. The Morgan fingerprint density at radius 3 is 2.62 bits per heavy atom. The molecule has 0 fully saturated rings. The van der Waals surface area contributed by atoms with Crippen LogP contribution in [0, 0.1) is 17.0 Å². The summed E-state index contributed by atoms with van der Waals surface area (Å²) in [6.45, 7) is 0. The normalized spacial score (nSPS) is 10.7. The lowest BCUT2D eigenvalue weighted by molar-refractivity contribution is 0.602. The maximum absolute atomic E-state index is 14.4. The molecule has 0 saturated carbocycles. The van der Waals surface area contributed by atoms with Gasteiger partial charge in [0.15, 0.2) is 0 Å². The van der Waals surface area contributed by atoms with E-state index in [0.29, 0.717) is 19.8 Å². The highest BCUT2D eigenvalue weighted by atomic mass is 127. The van der Waals surface area contributed by atoms with Gasteiger partial charge in [0.1, 0.15) is 11.6 Å². The fourth-order valence-corrected chi connectivity index (χ4v) is 4.23. The van der Waals surface area contributed by atoms with E-state index in [1.54, 1.807) is 24.6 Å². The van der Waals surface area contributed by atoms with Crippen molar-refractivity contribution >= 4 is 79.4 Å². The zero-order valence-corrected chi connectivity index (χ0v) is 17.9. The van der Waals surface area contributed by atoms with E-state index >= 15 is 0 Å². The quantitative estimate of drug-likeness (QED) is 0.221. The van der Waals surface area contributed by atoms with Crippen LogP contribution in [-0.4, -0.2) is 16.3 Å². The third kappa shape index (κ3) is 3.81. The number of nitrogens with one attached hydrogen (secondary N) is 2. The molecular formula is C16H12BrF2IN2S2. The highest BCUT2D eigenvalue weighted by Gasteiger charge is 2.15. The van der Waals surface area contributed by atoms with Crippen LogP contribution < -0.4 is 0 Å². The summed E-state index contributed by atoms with van der Waals surface area (Å²) >= 11 is 5.81. The fourth-order valence-electron chi connectivity index (χ4n) is 2.18. The first-order valence-corrected chi connectivity index (χ1v) is 9.40. The third-order valence-corrected chi connectivity index (χ3v) is 6.12. The molecule has 0 atom stereocenters. The van der Waals surface area contributed by atoms with E-state index in [2.05, 4.69) is 20.9 Å². The zero-order chi connectivity index (χ0) is 16.6. The van der Waals surface area contributed by atoms with Gasteiger partial charge in [0.2, 0.25) is 0 Å². The van der Waals surface area contributed by atoms with E-state index in [-0.39, 0.29) is 40.4 Å². The van der Waals surface area contributed by atoms with Crippen LogP contribution >= 0.6 is 63.4 Å². The predicted molar refractivity (Wildman–Crippen MR) is 112 cm³/mol. The molecular weight excluding hydrogens is 529 g/mol. The summed E-state index contributed by atoms with van der Waals surface area (Å²) in [5.74, 6) is -0.808. The lowest BCUT2D eigenvalue weighted by Crippen LogP contribution is -1.97. The number of hydrogen-bond donors (Lipinski definition) is 2. The van der Waals surface area contributed by atoms with Crippen molar-refractivity contribution in [1.29, 1.82) is 5.41 Å². The van der Waals surface area contributed by atoms with Crippen molar-refractivity contribution in [1.82, 2.24) is 4.98 Å². The molecule has 0 unspecified atom stereocenters. The fraction of sp³-hybridized carbons (Fsp3) is 0.0625. The van der Waals surface area contributed by atoms with Gasteiger partial charge < -0.3 is 4.98 Å². The van der Waals surface area contributed by atoms with Gasteiger partial charge in [-0.25, -0.2) is 8.78 Å². The van der Waals surface area contributed by atoms with Crippen LogP contribution in [0.5, 0.6) is 0 Å². The van der Waals surface area contributed by atoms with Gasteiger partial charge in [0, 0.05) is 32.0 Å². The molecule has 3 aromatic rings. The maximum Gasteiger partial charge on any atom is 0.140 e. The second-order valence-corrected chi connectivity index (χ2v) is 7.41. The smallest absolute Gasteiger partial charge is 0.140 e. The highest BCUT2D eigenvalue weighted by molar-refractivity contribution is 14.0. The maximum atomic E-state index is 14.4. The minimum absolute atomic E-state index is 0. The van der Waals surface area contributed by atoms with E-state index in [1.807, 2.05) is 6.07 Å². The van der Waals surface area contributed by atoms with Crippen LogP contribution in [0.2, 0.25) is 0 Å². The van der Waals surface area contributed by atoms with E-state index < -0.39 is 5.82 Å². The summed E-state index contributed by atoms with van der Waals surface area (Å²) in [5.41, 5.74) is 0.935. The summed E-state index contributed by atoms with van der Waals surface area (Å²) in [6, 6.07) is 7.78. The SMILES string of the molecule is CSC(=N)c1cc(Sc2c(F)cc3[nH]ccc3c2Br)ccc1F.I. The summed E-state index contributed by atoms with van der Waals surface area (Å²) in [5, 5.41) is 8.82. The molecule has 0 spiro atoms. The average Bonchev–Trinajstić information content (AvgIpc) is 3.00. The molecule has 0 aliphatic rings. The average molecular weight is 541 g/mol. The number of aromatic amines is 1. The van der Waals surface area contributed by atoms with Crippen molar-refractivity contribution in [3.63, 3.8) is 0 Å². The van der Waals surface area contributed by atoms with Crippen molar-refractivity contribution in [2.24, 2.45) is 0 Å². The number of aromatic nitrogens is 1. The first-order valence-electron chi connectivity index (χ1n) is 6.56. The summed E-state index contributed by atoms with van der Waals surface area (Å²) < 4.78 is 28.8. The highest BCUT2D eigenvalue weighted by Crippen LogP contribution is 2.40. The van der Waals surface area contributed by atoms with Gasteiger partial charge in [0.25, 0.3) is 0 Å². The van der Waals surface area contributed by atoms with Gasteiger partial charge in [-0.3, -0.25) is 5.41 Å². The van der Waals surface area contributed by atoms with E-state index in [0.717, 1.165) is 17.1 Å². The number of H-pyrrole nitrogens is 1. The first-order chi connectivity index (χ1) is 11.0. The molecule has 0 radical (unpaired) electrons. The molecule has 24 heavy (non-hydrogen) atoms. The van der Waals surface area contributed by atoms with Gasteiger partial charge in [-0.2, -0.15) is 0 Å². The lowest BCUT2D eigenvalue weighted by Gasteiger charge is -2.09. The number of hydrogen-bond acceptors (Lipinski definition) is 3. The van der Waals surface area contributed by atoms with E-state index in [1.165, 1.54) is 23.9 Å². The standard InChI is InChI=1S/C16H11BrF2N2S2.HI/c1-22-16(20)10-6-8(2-3-11(10)18)23-15-12(19)7-13-9(14(15)17)4-5-21-13;/h2-7,20-21H,1H3;1H. The molecule has 2 nitrogen and oxygen atoms in total. The molecule has 0 saturated heterocycles. The largest absolute Gasteiger partial charge is 0.361 e. The van der Waals surface area contributed by atoms with Crippen molar-refractivity contribution in [3.8, 4) is 0 Å². The van der Waals surface area contributed by atoms with Crippen LogP contribution in [0.3, 0.4) is 0 Å². The Balaban J connectivity index is 0.00000208. The van der Waals surface area contributed by atoms with Gasteiger partial charge >= 0.3 is 0 Å². The third-order valence-electron chi connectivity index (χ3n) is 3.31. The Hall–Kier alpha value is -0.580. The molecule has 0 bridgehead atoms. The number of benzene rings is 2. The number of fused-ring (bicyclic) bond motifs is 1. The number of halogens is 4. The number of thioether (sulfide) groups is 1. The molecule has 3 rings (SSSR count). The summed E-state index contributed by atoms with van der Waals surface area (Å²) in [7, 11) is 0. The Bertz CT molecular complexity index is 914. The van der Waals surface area contributed by atoms with Crippen molar-refractivity contribution in [3.05, 3.63) is 58.2 Å². The van der Waals surface area contributed by atoms with E-state index in [4.69, 9.17) is 5.41 Å². The molecule has 2 aromatic carbocycles. The number of rotatable bonds is 3. The summed E-state index contributed by atoms with van der Waals surface area (Å²) in [4.78, 5) is 4.08. The molecule has 0 amide bonds. The molecule has 1 heterocycles. The first kappa shape index (κ1) is 19.7. The monoisotopic (exact) mass is 540 g/mol. The molecule has 8 heteroatoms. The predicted octanol–water partition coefficient (Wildman–Crippen LogP) is 6.67. The van der Waals surface area contributed by atoms with E-state index in [9.17, 15) is 8.78 Å². The molecule has 2 N–H and O–H groups in total. The Morgan fingerprint density at radius 1 is 1.17 bits per heavy atom. The zero-order valence-electron chi connectivity index (χ0n) is 12.3. The van der Waals surface area contributed by atoms with Crippen molar-refractivity contribution < 1.29 is 8.78 Å². The van der Waals surface area contributed by atoms with Gasteiger partial charge in [0.05, 0.1) is 9.94 Å².